The third kappa shape index (κ3) is 23.4. The maximum absolute atomic E-state index is 9.27. The molecule has 693 valence electrons. The fourth-order valence-corrected chi connectivity index (χ4v) is 17.8. The summed E-state index contributed by atoms with van der Waals surface area (Å²) in [5, 5.41) is 6.09. The van der Waals surface area contributed by atoms with Crippen molar-refractivity contribution in [3.05, 3.63) is 456 Å². The topological polar surface area (TPSA) is 143 Å². The molecule has 14 heteroatoms. The minimum absolute atomic E-state index is 0. The van der Waals surface area contributed by atoms with Gasteiger partial charge in [-0.3, -0.25) is 0 Å². The van der Waals surface area contributed by atoms with Crippen molar-refractivity contribution in [3.63, 3.8) is 0 Å². The van der Waals surface area contributed by atoms with Crippen molar-refractivity contribution < 1.29 is 94.1 Å². The van der Waals surface area contributed by atoms with E-state index in [0.717, 1.165) is 156 Å². The van der Waals surface area contributed by atoms with Crippen LogP contribution in [0.15, 0.2) is 366 Å². The molecule has 0 unspecified atom stereocenters. The Hall–Kier alpha value is -13.3. The maximum atomic E-state index is 9.27. The maximum Gasteiger partial charge on any atom is 0.216 e. The van der Waals surface area contributed by atoms with Crippen molar-refractivity contribution in [1.82, 2.24) is 39.9 Å². The molecule has 3 fully saturated rings. The van der Waals surface area contributed by atoms with E-state index < -0.39 is 55.9 Å². The van der Waals surface area contributed by atoms with Crippen LogP contribution in [0.5, 0.6) is 0 Å². The molecule has 138 heavy (non-hydrogen) atoms. The molecular formula is C124H106Ir3N8O3-6. The molecule has 0 bridgehead atoms. The molecular weight excluding hydrogens is 2230 g/mol. The number of hydrogen-bond acceptors (Lipinski definition) is 11. The SMILES string of the molecule is [2H]C([2H])([2H])c1c[c-]c(-c2cc(C)c(C([2H])([2H])[2H])cn2)cc1.[2H]C([2H])([2H])c1ccc(-c2[c-]cccc2)nc1.[2H]C1(c2ccccc2)CCC([2H])(c2ccc(-c3[c-]ccc4c3oc3nc(C)ccc34)nc2)CC1.[2H]C1(c2ccccc2)CCC([2H])(c2ccc(-c3[c-]ccc4c3oc3nc(C)ccc34)nc2)CC1.[2H]C1(c2ccccc2)CCC([2H])(c2ccnc(-c3[c-]ccc4c3oc3ccccc34)c2)CC1.[Ir].[Ir].[Ir].[c-]1ccccc1-c1ccccn1. The van der Waals surface area contributed by atoms with Gasteiger partial charge in [0.15, 0.2) is 0 Å². The second kappa shape index (κ2) is 46.7. The molecule has 3 aliphatic rings. The predicted octanol–water partition coefficient (Wildman–Crippen LogP) is 31.9. The van der Waals surface area contributed by atoms with Crippen LogP contribution in [-0.2, 0) is 60.3 Å². The molecule has 0 saturated heterocycles. The first-order valence-corrected chi connectivity index (χ1v) is 45.7. The van der Waals surface area contributed by atoms with E-state index >= 15 is 0 Å². The Bertz CT molecular complexity index is 8000. The third-order valence-electron chi connectivity index (χ3n) is 25.0. The van der Waals surface area contributed by atoms with Gasteiger partial charge in [0.2, 0.25) is 11.4 Å². The van der Waals surface area contributed by atoms with Crippen LogP contribution in [0.4, 0.5) is 0 Å². The van der Waals surface area contributed by atoms with Crippen molar-refractivity contribution in [2.45, 2.75) is 154 Å². The largest absolute Gasteiger partial charge is 0.501 e. The summed E-state index contributed by atoms with van der Waals surface area (Å²) in [6.07, 6.45) is 17.8. The number of rotatable bonds is 12. The smallest absolute Gasteiger partial charge is 0.216 e. The Morgan fingerprint density at radius 2 is 0.703 bits per heavy atom. The summed E-state index contributed by atoms with van der Waals surface area (Å²) in [7, 11) is 0. The molecule has 21 aromatic rings. The first-order valence-electron chi connectivity index (χ1n) is 53.2. The van der Waals surface area contributed by atoms with Gasteiger partial charge < -0.3 is 43.2 Å². The number of fused-ring (bicyclic) bond motifs is 9. The van der Waals surface area contributed by atoms with E-state index in [1.54, 1.807) is 49.6 Å². The van der Waals surface area contributed by atoms with E-state index in [0.29, 0.717) is 105 Å². The molecule has 0 N–H and O–H groups in total. The fraction of sp³-hybridized carbons (Fsp3) is 0.194. The first kappa shape index (κ1) is 79.8. The number of furan rings is 3. The van der Waals surface area contributed by atoms with Gasteiger partial charge in [-0.05, 0) is 262 Å². The summed E-state index contributed by atoms with van der Waals surface area (Å²) < 4.78 is 139. The molecule has 0 atom stereocenters. The van der Waals surface area contributed by atoms with Gasteiger partial charge in [0.25, 0.3) is 0 Å². The van der Waals surface area contributed by atoms with Crippen LogP contribution in [0.2, 0.25) is 0 Å². The van der Waals surface area contributed by atoms with Gasteiger partial charge >= 0.3 is 0 Å². The summed E-state index contributed by atoms with van der Waals surface area (Å²) in [6, 6.07) is 119. The van der Waals surface area contributed by atoms with Crippen LogP contribution in [0.3, 0.4) is 0 Å². The van der Waals surface area contributed by atoms with Crippen LogP contribution in [-0.4, -0.2) is 39.9 Å². The van der Waals surface area contributed by atoms with Crippen molar-refractivity contribution >= 4 is 66.1 Å². The van der Waals surface area contributed by atoms with E-state index in [9.17, 15) is 1.37 Å². The molecule has 10 aromatic carbocycles. The number of nitrogens with zero attached hydrogens (tertiary/aromatic N) is 8. The van der Waals surface area contributed by atoms with E-state index in [-0.39, 0.29) is 77.0 Å². The zero-order valence-electron chi connectivity index (χ0n) is 91.3. The molecule has 3 radical (unpaired) electrons. The van der Waals surface area contributed by atoms with Crippen molar-refractivity contribution in [1.29, 1.82) is 0 Å². The van der Waals surface area contributed by atoms with Crippen molar-refractivity contribution in [2.75, 3.05) is 0 Å². The monoisotopic (exact) mass is 2350 g/mol. The van der Waals surface area contributed by atoms with Crippen LogP contribution in [0, 0.1) is 77.7 Å². The number of pyridine rings is 8. The zero-order chi connectivity index (χ0) is 105. The van der Waals surface area contributed by atoms with Crippen LogP contribution in [0.25, 0.3) is 134 Å². The second-order valence-electron chi connectivity index (χ2n) is 33.8. The minimum atomic E-state index is -2.19. The second-order valence-corrected chi connectivity index (χ2v) is 33.8. The number of benzene rings is 10. The van der Waals surface area contributed by atoms with E-state index in [4.69, 9.17) is 42.4 Å². The Morgan fingerprint density at radius 1 is 0.275 bits per heavy atom. The summed E-state index contributed by atoms with van der Waals surface area (Å²) in [6.45, 7) is -0.831. The van der Waals surface area contributed by atoms with Crippen LogP contribution < -0.4 is 0 Å². The fourth-order valence-electron chi connectivity index (χ4n) is 17.8. The van der Waals surface area contributed by atoms with E-state index in [2.05, 4.69) is 72.4 Å². The molecule has 0 spiro atoms. The third-order valence-corrected chi connectivity index (χ3v) is 25.0. The van der Waals surface area contributed by atoms with Gasteiger partial charge in [0.1, 0.15) is 5.58 Å². The van der Waals surface area contributed by atoms with Gasteiger partial charge in [-0.1, -0.05) is 221 Å². The normalized spacial score (nSPS) is 21.0. The van der Waals surface area contributed by atoms with Gasteiger partial charge in [-0.15, -0.1) is 162 Å². The predicted molar refractivity (Wildman–Crippen MR) is 548 cm³/mol. The summed E-state index contributed by atoms with van der Waals surface area (Å²) in [4.78, 5) is 35.6. The Kier molecular flexibility index (Phi) is 27.0. The van der Waals surface area contributed by atoms with Crippen molar-refractivity contribution in [3.8, 4) is 67.5 Å². The Morgan fingerprint density at radius 3 is 1.15 bits per heavy atom. The molecule has 0 aliphatic heterocycles. The first-order chi connectivity index (χ1) is 72.1. The zero-order valence-corrected chi connectivity index (χ0v) is 83.5. The molecule has 24 rings (SSSR count). The van der Waals surface area contributed by atoms with E-state index in [1.165, 1.54) is 24.5 Å². The minimum Gasteiger partial charge on any atom is -0.501 e. The quantitative estimate of drug-likeness (QED) is 0.108. The number of para-hydroxylation sites is 1. The van der Waals surface area contributed by atoms with Crippen molar-refractivity contribution in [2.24, 2.45) is 0 Å². The number of hydrogen-bond donors (Lipinski definition) is 0. The van der Waals surface area contributed by atoms with E-state index in [1.807, 2.05) is 293 Å². The molecule has 0 amide bonds. The summed E-state index contributed by atoms with van der Waals surface area (Å²) in [5.41, 5.74) is 22.9. The Balaban J connectivity index is 0.000000134. The standard InChI is InChI=1S/2C29H25N2O.C29H24NO.C14H14N.C12H10N.C11H8N.3Ir/c2*1-19-10-16-25-24-8-5-9-26(28(24)32-29(25)31-19)27-17-15-23(18-30-27)22-13-11-21(12-14-22)20-6-3-2-4-7-20;1-2-7-20(8-3-1)21-13-15-22(16-14-21)23-17-18-30-27(19-23)26-11-6-10-25-24-9-4-5-12-28(24)31-29(25)26;1-10-4-6-13(7-5-10)14-8-11(2)12(3)9-15-14;1-10-7-8-12(13-9-10)11-5-3-2-4-6-11;1-2-6-10(7-3-1)11-8-4-5-9-12-11;;;/h2*2-8,10,15-18,21-22H,11-14H2,1H3;1-10,12,17-19,21-22H,13-16H2;4-6,8-9H,1-3H3;2-5,7-9H,1H3;1-6,8-9H;;;/q6*-1;;;/i3*21D,22D;1D3,3D3;1D3;;;;. The average Bonchev–Trinajstić information content (AvgIpc) is 1.27. The molecule has 11 aromatic heterocycles. The number of aryl methyl sites for hydroxylation is 6. The molecule has 11 nitrogen and oxygen atoms in total. The summed E-state index contributed by atoms with van der Waals surface area (Å²) in [5.74, 6) is -4.01. The van der Waals surface area contributed by atoms with Crippen LogP contribution >= 0.6 is 0 Å². The van der Waals surface area contributed by atoms with Gasteiger partial charge in [0.05, 0.1) is 16.7 Å². The van der Waals surface area contributed by atoms with Gasteiger partial charge in [-0.2, -0.15) is 0 Å². The molecule has 3 aliphatic carbocycles. The van der Waals surface area contributed by atoms with Gasteiger partial charge in [0, 0.05) is 146 Å². The molecule has 3 saturated carbocycles. The molecule has 11 heterocycles. The van der Waals surface area contributed by atoms with Crippen LogP contribution in [0.1, 0.15) is 200 Å². The van der Waals surface area contributed by atoms with Gasteiger partial charge in [-0.25, -0.2) is 9.97 Å². The number of aromatic nitrogens is 8. The Labute approximate surface area is 871 Å². The summed E-state index contributed by atoms with van der Waals surface area (Å²) >= 11 is 0. The average molecular weight is 2350 g/mol.